The molecular formula is C16H23I3. The third kappa shape index (κ3) is 3.90. The lowest BCUT2D eigenvalue weighted by Crippen LogP contribution is -2.35. The third-order valence-corrected chi connectivity index (χ3v) is 8.06. The number of rotatable bonds is 3. The molecule has 0 spiro atoms. The van der Waals surface area contributed by atoms with Crippen molar-refractivity contribution >= 4 is 67.8 Å². The summed E-state index contributed by atoms with van der Waals surface area (Å²) < 4.78 is 1.98. The maximum absolute atomic E-state index is 3.82. The van der Waals surface area contributed by atoms with Gasteiger partial charge in [-0.15, -0.1) is 0 Å². The molecule has 0 aromatic rings. The van der Waals surface area contributed by atoms with Crippen molar-refractivity contribution < 1.29 is 0 Å². The lowest BCUT2D eigenvalue weighted by atomic mass is 9.69. The highest BCUT2D eigenvalue weighted by Crippen LogP contribution is 2.62. The van der Waals surface area contributed by atoms with Gasteiger partial charge in [0, 0.05) is 0 Å². The number of allylic oxidation sites excluding steroid dienone is 3. The summed E-state index contributed by atoms with van der Waals surface area (Å²) in [7, 11) is 0. The van der Waals surface area contributed by atoms with E-state index in [0.29, 0.717) is 6.84 Å². The first-order valence-corrected chi connectivity index (χ1v) is 10.3. The molecule has 0 heterocycles. The van der Waals surface area contributed by atoms with Crippen LogP contribution in [0, 0.1) is 23.2 Å². The van der Waals surface area contributed by atoms with Gasteiger partial charge in [-0.05, 0) is 81.4 Å². The van der Waals surface area contributed by atoms with Gasteiger partial charge < -0.3 is 0 Å². The van der Waals surface area contributed by atoms with Gasteiger partial charge in [0.2, 0.25) is 0 Å². The topological polar surface area (TPSA) is 0 Å². The molecule has 0 N–H and O–H groups in total. The fourth-order valence-corrected chi connectivity index (χ4v) is 6.45. The highest BCUT2D eigenvalue weighted by molar-refractivity contribution is 14.2. The van der Waals surface area contributed by atoms with Crippen molar-refractivity contribution in [2.24, 2.45) is 23.2 Å². The highest BCUT2D eigenvalue weighted by Gasteiger charge is 2.52. The Morgan fingerprint density at radius 3 is 2.68 bits per heavy atom. The zero-order valence-corrected chi connectivity index (χ0v) is 18.2. The Morgan fingerprint density at radius 1 is 1.37 bits per heavy atom. The average molecular weight is 596 g/mol. The highest BCUT2D eigenvalue weighted by atomic mass is 127. The van der Waals surface area contributed by atoms with Crippen LogP contribution in [0.4, 0.5) is 0 Å². The molecule has 0 aromatic heterocycles. The van der Waals surface area contributed by atoms with Crippen molar-refractivity contribution in [3.63, 3.8) is 0 Å². The van der Waals surface area contributed by atoms with Crippen molar-refractivity contribution in [2.45, 2.75) is 47.4 Å². The smallest absolute Gasteiger partial charge is 0.0737 e. The van der Waals surface area contributed by atoms with Gasteiger partial charge in [0.1, 0.15) is 0 Å². The Labute approximate surface area is 159 Å². The second-order valence-electron chi connectivity index (χ2n) is 6.77. The zero-order chi connectivity index (χ0) is 14.3. The molecule has 0 bridgehead atoms. The van der Waals surface area contributed by atoms with Gasteiger partial charge in [0.15, 0.2) is 0 Å². The van der Waals surface area contributed by atoms with Crippen LogP contribution in [0.2, 0.25) is 0 Å². The van der Waals surface area contributed by atoms with Gasteiger partial charge in [0.25, 0.3) is 0 Å². The monoisotopic (exact) mass is 596 g/mol. The molecule has 0 saturated heterocycles. The van der Waals surface area contributed by atoms with Crippen LogP contribution in [0.1, 0.15) is 46.0 Å². The Morgan fingerprint density at radius 2 is 2.05 bits per heavy atom. The summed E-state index contributed by atoms with van der Waals surface area (Å²) in [6, 6.07) is 0. The summed E-state index contributed by atoms with van der Waals surface area (Å²) >= 11 is 7.88. The molecule has 0 aromatic carbocycles. The molecule has 2 aliphatic rings. The molecule has 19 heavy (non-hydrogen) atoms. The molecule has 0 amide bonds. The fourth-order valence-electron chi connectivity index (χ4n) is 4.09. The quantitative estimate of drug-likeness (QED) is 0.189. The van der Waals surface area contributed by atoms with E-state index in [4.69, 9.17) is 0 Å². The first kappa shape index (κ1) is 17.0. The molecule has 3 heteroatoms. The molecule has 0 radical (unpaired) electrons. The van der Waals surface area contributed by atoms with Crippen molar-refractivity contribution in [2.75, 3.05) is 0 Å². The molecule has 3 atom stereocenters. The van der Waals surface area contributed by atoms with Crippen molar-refractivity contribution in [1.29, 1.82) is 0 Å². The summed E-state index contributed by atoms with van der Waals surface area (Å²) in [5.74, 6) is 2.76. The minimum absolute atomic E-state index is 0.498. The molecule has 108 valence electrons. The second kappa shape index (κ2) is 6.42. The lowest BCUT2D eigenvalue weighted by molar-refractivity contribution is 0.138. The van der Waals surface area contributed by atoms with Crippen LogP contribution in [-0.2, 0) is 0 Å². The van der Waals surface area contributed by atoms with E-state index in [2.05, 4.69) is 94.3 Å². The molecule has 2 rings (SSSR count). The summed E-state index contributed by atoms with van der Waals surface area (Å²) in [5, 5.41) is 0. The van der Waals surface area contributed by atoms with Crippen molar-refractivity contribution in [1.82, 2.24) is 0 Å². The standard InChI is InChI=1S/C16H23I3/c1-4-5-13(17)9-12-8-11-6-7-16(18,19)10-14(11)15(12,2)3/h4-5,11-12,14H,1,6-10H2,2-3H3/b13-5+. The van der Waals surface area contributed by atoms with Gasteiger partial charge in [-0.3, -0.25) is 0 Å². The number of halogens is 3. The van der Waals surface area contributed by atoms with Crippen LogP contribution in [-0.4, -0.2) is 1.43 Å². The van der Waals surface area contributed by atoms with E-state index < -0.39 is 0 Å². The molecule has 0 aliphatic heterocycles. The van der Waals surface area contributed by atoms with E-state index in [-0.39, 0.29) is 0 Å². The van der Waals surface area contributed by atoms with E-state index >= 15 is 0 Å². The number of hydrogen-bond acceptors (Lipinski definition) is 0. The van der Waals surface area contributed by atoms with Gasteiger partial charge in [0.05, 0.1) is 1.43 Å². The lowest BCUT2D eigenvalue weighted by Gasteiger charge is -2.41. The first-order chi connectivity index (χ1) is 8.76. The molecule has 3 unspecified atom stereocenters. The van der Waals surface area contributed by atoms with E-state index in [1.165, 1.54) is 35.7 Å². The van der Waals surface area contributed by atoms with Crippen LogP contribution >= 0.6 is 67.8 Å². The van der Waals surface area contributed by atoms with Crippen molar-refractivity contribution in [3.8, 4) is 0 Å². The SMILES string of the molecule is C=C/C=C(/I)CC1CC2CCC(I)(I)CC2C1(C)C. The molecule has 2 saturated carbocycles. The van der Waals surface area contributed by atoms with Crippen LogP contribution in [0.3, 0.4) is 0 Å². The maximum atomic E-state index is 3.82. The van der Waals surface area contributed by atoms with Crippen LogP contribution in [0.25, 0.3) is 0 Å². The normalized spacial score (nSPS) is 36.9. The Hall–Kier alpha value is 1.67. The summed E-state index contributed by atoms with van der Waals surface area (Å²) in [6.45, 7) is 8.87. The van der Waals surface area contributed by atoms with Gasteiger partial charge >= 0.3 is 0 Å². The van der Waals surface area contributed by atoms with Gasteiger partial charge in [-0.25, -0.2) is 0 Å². The summed E-state index contributed by atoms with van der Waals surface area (Å²) in [5.41, 5.74) is 0.498. The number of fused-ring (bicyclic) bond motifs is 1. The van der Waals surface area contributed by atoms with E-state index in [9.17, 15) is 0 Å². The average Bonchev–Trinajstić information content (AvgIpc) is 2.51. The molecule has 0 nitrogen and oxygen atoms in total. The fraction of sp³-hybridized carbons (Fsp3) is 0.750. The summed E-state index contributed by atoms with van der Waals surface area (Å²) in [6.07, 6.45) is 11.1. The van der Waals surface area contributed by atoms with Crippen LogP contribution < -0.4 is 0 Å². The number of alkyl halides is 2. The minimum Gasteiger partial charge on any atom is -0.0990 e. The summed E-state index contributed by atoms with van der Waals surface area (Å²) in [4.78, 5) is 0. The van der Waals surface area contributed by atoms with E-state index in [0.717, 1.165) is 17.8 Å². The van der Waals surface area contributed by atoms with Crippen molar-refractivity contribution in [3.05, 3.63) is 22.3 Å². The van der Waals surface area contributed by atoms with Gasteiger partial charge in [-0.1, -0.05) is 77.8 Å². The molecular weight excluding hydrogens is 573 g/mol. The van der Waals surface area contributed by atoms with Crippen LogP contribution in [0.15, 0.2) is 22.3 Å². The third-order valence-electron chi connectivity index (χ3n) is 5.30. The largest absolute Gasteiger partial charge is 0.0990 e. The van der Waals surface area contributed by atoms with Gasteiger partial charge in [-0.2, -0.15) is 0 Å². The Balaban J connectivity index is 2.13. The number of hydrogen-bond donors (Lipinski definition) is 0. The molecule has 2 fully saturated rings. The first-order valence-electron chi connectivity index (χ1n) is 7.11. The molecule has 2 aliphatic carbocycles. The Kier molecular flexibility index (Phi) is 5.76. The minimum atomic E-state index is 0.498. The van der Waals surface area contributed by atoms with E-state index in [1.807, 2.05) is 6.08 Å². The Bertz CT molecular complexity index is 381. The predicted molar refractivity (Wildman–Crippen MR) is 110 cm³/mol. The predicted octanol–water partition coefficient (Wildman–Crippen LogP) is 6.91. The van der Waals surface area contributed by atoms with E-state index in [1.54, 1.807) is 0 Å². The second-order valence-corrected chi connectivity index (χ2v) is 14.4. The zero-order valence-electron chi connectivity index (χ0n) is 11.8. The maximum Gasteiger partial charge on any atom is 0.0737 e. The van der Waals surface area contributed by atoms with Crippen LogP contribution in [0.5, 0.6) is 0 Å².